The number of aliphatic hydroxyl groups excluding tert-OH is 1. The first-order valence-electron chi connectivity index (χ1n) is 12.6. The normalized spacial score (nSPS) is 19.1. The second-order valence-corrected chi connectivity index (χ2v) is 9.75. The number of likely N-dealkylation sites (tertiary alicyclic amines) is 2. The zero-order chi connectivity index (χ0) is 24.4. The summed E-state index contributed by atoms with van der Waals surface area (Å²) in [6.07, 6.45) is 6.83. The number of benzene rings is 2. The van der Waals surface area contributed by atoms with Crippen LogP contribution in [0, 0.1) is 5.82 Å². The SMILES string of the molecule is C[C@@H](c1ccccc1-c1ccc(F)cc1)n1cncc1C(=O)N1CCC(N2CCC(O)CC2)CC1. The Balaban J connectivity index is 1.31. The van der Waals surface area contributed by atoms with Crippen molar-refractivity contribution in [2.24, 2.45) is 0 Å². The molecule has 0 unspecified atom stereocenters. The number of carbonyl (C=O) groups excluding carboxylic acids is 1. The van der Waals surface area contributed by atoms with E-state index >= 15 is 0 Å². The molecule has 2 aliphatic heterocycles. The number of nitrogens with zero attached hydrogens (tertiary/aromatic N) is 4. The summed E-state index contributed by atoms with van der Waals surface area (Å²) in [6.45, 7) is 5.41. The maximum absolute atomic E-state index is 13.5. The third-order valence-electron chi connectivity index (χ3n) is 7.64. The number of piperidine rings is 2. The van der Waals surface area contributed by atoms with Crippen molar-refractivity contribution in [1.29, 1.82) is 0 Å². The van der Waals surface area contributed by atoms with Crippen molar-refractivity contribution >= 4 is 5.91 Å². The second-order valence-electron chi connectivity index (χ2n) is 9.75. The number of aromatic nitrogens is 2. The van der Waals surface area contributed by atoms with E-state index in [1.54, 1.807) is 24.7 Å². The van der Waals surface area contributed by atoms with E-state index in [0.717, 1.165) is 68.6 Å². The summed E-state index contributed by atoms with van der Waals surface area (Å²) < 4.78 is 15.4. The van der Waals surface area contributed by atoms with Crippen molar-refractivity contribution in [1.82, 2.24) is 19.4 Å². The van der Waals surface area contributed by atoms with Gasteiger partial charge in [-0.1, -0.05) is 36.4 Å². The molecule has 0 saturated carbocycles. The van der Waals surface area contributed by atoms with Crippen LogP contribution >= 0.6 is 0 Å². The second kappa shape index (κ2) is 10.3. The Morgan fingerprint density at radius 3 is 2.40 bits per heavy atom. The third kappa shape index (κ3) is 5.02. The van der Waals surface area contributed by atoms with Crippen LogP contribution in [0.15, 0.2) is 61.1 Å². The lowest BCUT2D eigenvalue weighted by atomic mass is 9.95. The molecule has 184 valence electrons. The summed E-state index contributed by atoms with van der Waals surface area (Å²) in [4.78, 5) is 22.3. The number of hydrogen-bond donors (Lipinski definition) is 1. The summed E-state index contributed by atoms with van der Waals surface area (Å²) >= 11 is 0. The summed E-state index contributed by atoms with van der Waals surface area (Å²) in [5, 5.41) is 9.79. The van der Waals surface area contributed by atoms with Gasteiger partial charge >= 0.3 is 0 Å². The first-order valence-corrected chi connectivity index (χ1v) is 12.6. The number of hydrogen-bond acceptors (Lipinski definition) is 4. The van der Waals surface area contributed by atoms with Gasteiger partial charge in [-0.2, -0.15) is 0 Å². The Morgan fingerprint density at radius 1 is 1.00 bits per heavy atom. The number of imidazole rings is 1. The molecule has 1 aromatic heterocycles. The highest BCUT2D eigenvalue weighted by molar-refractivity contribution is 5.92. The number of aliphatic hydroxyl groups is 1. The van der Waals surface area contributed by atoms with Crippen molar-refractivity contribution < 1.29 is 14.3 Å². The molecule has 1 atom stereocenters. The molecule has 6 nitrogen and oxygen atoms in total. The highest BCUT2D eigenvalue weighted by atomic mass is 19.1. The minimum absolute atomic E-state index is 0.0149. The summed E-state index contributed by atoms with van der Waals surface area (Å²) in [5.41, 5.74) is 3.59. The topological polar surface area (TPSA) is 61.6 Å². The van der Waals surface area contributed by atoms with Gasteiger partial charge in [0, 0.05) is 32.2 Å². The molecule has 1 N–H and O–H groups in total. The van der Waals surface area contributed by atoms with E-state index in [0.29, 0.717) is 11.7 Å². The predicted molar refractivity (Wildman–Crippen MR) is 134 cm³/mol. The van der Waals surface area contributed by atoms with E-state index < -0.39 is 0 Å². The first-order chi connectivity index (χ1) is 17.0. The summed E-state index contributed by atoms with van der Waals surface area (Å²) in [7, 11) is 0. The monoisotopic (exact) mass is 476 g/mol. The Kier molecular flexibility index (Phi) is 6.97. The van der Waals surface area contributed by atoms with Gasteiger partial charge in [0.25, 0.3) is 5.91 Å². The molecule has 1 amide bonds. The molecule has 3 heterocycles. The molecule has 7 heteroatoms. The van der Waals surface area contributed by atoms with E-state index in [4.69, 9.17) is 0 Å². The van der Waals surface area contributed by atoms with E-state index in [2.05, 4.69) is 22.9 Å². The smallest absolute Gasteiger partial charge is 0.272 e. The Bertz CT molecular complexity index is 1150. The Hall–Kier alpha value is -3.03. The van der Waals surface area contributed by atoms with E-state index in [-0.39, 0.29) is 23.9 Å². The maximum Gasteiger partial charge on any atom is 0.272 e. The molecule has 3 aromatic rings. The Morgan fingerprint density at radius 2 is 1.69 bits per heavy atom. The summed E-state index contributed by atoms with van der Waals surface area (Å²) in [5.74, 6) is -0.246. The van der Waals surface area contributed by atoms with Crippen molar-refractivity contribution in [3.63, 3.8) is 0 Å². The molecule has 2 aromatic carbocycles. The summed E-state index contributed by atoms with van der Waals surface area (Å²) in [6, 6.07) is 14.9. The number of rotatable bonds is 5. The van der Waals surface area contributed by atoms with Crippen LogP contribution in [0.1, 0.15) is 54.7 Å². The molecule has 2 aliphatic rings. The fourth-order valence-corrected chi connectivity index (χ4v) is 5.53. The van der Waals surface area contributed by atoms with E-state index in [9.17, 15) is 14.3 Å². The van der Waals surface area contributed by atoms with Crippen LogP contribution < -0.4 is 0 Å². The van der Waals surface area contributed by atoms with Gasteiger partial charge < -0.3 is 19.5 Å². The van der Waals surface area contributed by atoms with Crippen LogP contribution in [0.4, 0.5) is 4.39 Å². The quantitative estimate of drug-likeness (QED) is 0.595. The van der Waals surface area contributed by atoms with Gasteiger partial charge in [0.05, 0.1) is 24.7 Å². The zero-order valence-corrected chi connectivity index (χ0v) is 20.2. The zero-order valence-electron chi connectivity index (χ0n) is 20.2. The maximum atomic E-state index is 13.5. The molecule has 0 spiro atoms. The van der Waals surface area contributed by atoms with Gasteiger partial charge in [-0.15, -0.1) is 0 Å². The largest absolute Gasteiger partial charge is 0.393 e. The highest BCUT2D eigenvalue weighted by Crippen LogP contribution is 2.31. The van der Waals surface area contributed by atoms with Gasteiger partial charge in [-0.3, -0.25) is 4.79 Å². The van der Waals surface area contributed by atoms with Gasteiger partial charge in [0.2, 0.25) is 0 Å². The molecular weight excluding hydrogens is 443 g/mol. The molecule has 0 bridgehead atoms. The lowest BCUT2D eigenvalue weighted by Crippen LogP contribution is -2.49. The molecule has 0 aliphatic carbocycles. The molecule has 0 radical (unpaired) electrons. The minimum atomic E-state index is -0.261. The van der Waals surface area contributed by atoms with Gasteiger partial charge in [0.15, 0.2) is 0 Å². The van der Waals surface area contributed by atoms with Gasteiger partial charge in [-0.25, -0.2) is 9.37 Å². The van der Waals surface area contributed by atoms with Gasteiger partial charge in [0.1, 0.15) is 11.5 Å². The van der Waals surface area contributed by atoms with E-state index in [1.807, 2.05) is 27.7 Å². The van der Waals surface area contributed by atoms with Crippen molar-refractivity contribution in [2.75, 3.05) is 26.2 Å². The van der Waals surface area contributed by atoms with Gasteiger partial charge in [-0.05, 0) is 61.4 Å². The average molecular weight is 477 g/mol. The average Bonchev–Trinajstić information content (AvgIpc) is 3.39. The van der Waals surface area contributed by atoms with Crippen LogP contribution in [0.2, 0.25) is 0 Å². The van der Waals surface area contributed by atoms with Crippen LogP contribution in [0.3, 0.4) is 0 Å². The molecule has 2 saturated heterocycles. The van der Waals surface area contributed by atoms with Crippen molar-refractivity contribution in [3.8, 4) is 11.1 Å². The molecule has 2 fully saturated rings. The third-order valence-corrected chi connectivity index (χ3v) is 7.64. The first kappa shape index (κ1) is 23.7. The molecular formula is C28H33FN4O2. The fourth-order valence-electron chi connectivity index (χ4n) is 5.53. The van der Waals surface area contributed by atoms with Crippen LogP contribution in [-0.4, -0.2) is 68.7 Å². The molecule has 35 heavy (non-hydrogen) atoms. The molecule has 5 rings (SSSR count). The highest BCUT2D eigenvalue weighted by Gasteiger charge is 2.31. The number of carbonyl (C=O) groups is 1. The van der Waals surface area contributed by atoms with Crippen LogP contribution in [-0.2, 0) is 0 Å². The fraction of sp³-hybridized carbons (Fsp3) is 0.429. The predicted octanol–water partition coefficient (Wildman–Crippen LogP) is 4.36. The van der Waals surface area contributed by atoms with Crippen LogP contribution in [0.25, 0.3) is 11.1 Å². The van der Waals surface area contributed by atoms with Crippen molar-refractivity contribution in [2.45, 2.75) is 50.8 Å². The minimum Gasteiger partial charge on any atom is -0.393 e. The standard InChI is InChI=1S/C28H33FN4O2/c1-20(25-4-2-3-5-26(25)21-6-8-22(29)9-7-21)33-19-30-18-27(33)28(35)32-14-10-23(11-15-32)31-16-12-24(34)13-17-31/h2-9,18-20,23-24,34H,10-17H2,1H3/t20-/m0/s1. The number of amides is 1. The Labute approximate surface area is 206 Å². The van der Waals surface area contributed by atoms with Crippen LogP contribution in [0.5, 0.6) is 0 Å². The van der Waals surface area contributed by atoms with E-state index in [1.165, 1.54) is 12.1 Å². The lowest BCUT2D eigenvalue weighted by Gasteiger charge is -2.41. The lowest BCUT2D eigenvalue weighted by molar-refractivity contribution is 0.0353. The van der Waals surface area contributed by atoms with Crippen molar-refractivity contribution in [3.05, 3.63) is 78.1 Å². The number of halogens is 1.